The summed E-state index contributed by atoms with van der Waals surface area (Å²) in [4.78, 5) is 22.9. The summed E-state index contributed by atoms with van der Waals surface area (Å²) in [5, 5.41) is 6.45. The Balaban J connectivity index is 1.98. The van der Waals surface area contributed by atoms with E-state index >= 15 is 0 Å². The molecule has 0 bridgehead atoms. The van der Waals surface area contributed by atoms with E-state index in [1.165, 1.54) is 0 Å². The lowest BCUT2D eigenvalue weighted by atomic mass is 9.92. The van der Waals surface area contributed by atoms with Crippen LogP contribution in [0.3, 0.4) is 0 Å². The zero-order chi connectivity index (χ0) is 12.7. The summed E-state index contributed by atoms with van der Waals surface area (Å²) in [6, 6.07) is 5.49. The third kappa shape index (κ3) is 1.71. The lowest BCUT2D eigenvalue weighted by molar-refractivity contribution is -0.134. The van der Waals surface area contributed by atoms with E-state index in [2.05, 4.69) is 10.4 Å². The highest BCUT2D eigenvalue weighted by Gasteiger charge is 2.28. The minimum Gasteiger partial charge on any atom is -0.382 e. The number of nitrogens with one attached hydrogen (secondary N) is 1. The summed E-state index contributed by atoms with van der Waals surface area (Å²) in [6.45, 7) is 0. The summed E-state index contributed by atoms with van der Waals surface area (Å²) in [5.41, 5.74) is 7.33. The van der Waals surface area contributed by atoms with Gasteiger partial charge in [0, 0.05) is 18.7 Å². The molecule has 0 radical (unpaired) electrons. The van der Waals surface area contributed by atoms with Crippen molar-refractivity contribution in [2.24, 2.45) is 0 Å². The van der Waals surface area contributed by atoms with Crippen LogP contribution in [0.2, 0.25) is 0 Å². The predicted octanol–water partition coefficient (Wildman–Crippen LogP) is 0.437. The van der Waals surface area contributed by atoms with Crippen molar-refractivity contribution in [2.45, 2.75) is 18.8 Å². The second-order valence-electron chi connectivity index (χ2n) is 4.40. The standard InChI is InChI=1S/C12H12N4O2/c13-10-5-8-2-1-7(6-16(8)15-10)9-3-4-11(17)14-12(9)18/h1-2,5-6,9H,3-4H2,(H2,13,15)(H,14,17,18). The van der Waals surface area contributed by atoms with Crippen LogP contribution in [-0.4, -0.2) is 21.4 Å². The van der Waals surface area contributed by atoms with Gasteiger partial charge in [-0.1, -0.05) is 6.07 Å². The van der Waals surface area contributed by atoms with Crippen molar-refractivity contribution in [2.75, 3.05) is 5.73 Å². The smallest absolute Gasteiger partial charge is 0.234 e. The molecule has 3 N–H and O–H groups in total. The Labute approximate surface area is 103 Å². The first-order valence-corrected chi connectivity index (χ1v) is 5.72. The third-order valence-corrected chi connectivity index (χ3v) is 3.14. The molecule has 2 amide bonds. The maximum atomic E-state index is 11.8. The monoisotopic (exact) mass is 244 g/mol. The van der Waals surface area contributed by atoms with Crippen LogP contribution < -0.4 is 11.1 Å². The van der Waals surface area contributed by atoms with Crippen molar-refractivity contribution in [3.63, 3.8) is 0 Å². The molecule has 0 aliphatic carbocycles. The molecular formula is C12H12N4O2. The number of amides is 2. The average molecular weight is 244 g/mol. The molecule has 1 atom stereocenters. The van der Waals surface area contributed by atoms with Crippen molar-refractivity contribution in [1.29, 1.82) is 0 Å². The number of nitrogens with two attached hydrogens (primary N) is 1. The van der Waals surface area contributed by atoms with E-state index in [1.54, 1.807) is 16.8 Å². The first-order chi connectivity index (χ1) is 8.63. The lowest BCUT2D eigenvalue weighted by Gasteiger charge is -2.20. The minimum atomic E-state index is -0.294. The first-order valence-electron chi connectivity index (χ1n) is 5.72. The van der Waals surface area contributed by atoms with Gasteiger partial charge in [-0.25, -0.2) is 4.52 Å². The quantitative estimate of drug-likeness (QED) is 0.712. The van der Waals surface area contributed by atoms with Gasteiger partial charge in [0.1, 0.15) is 5.82 Å². The minimum absolute atomic E-state index is 0.208. The number of aromatic nitrogens is 2. The summed E-state index contributed by atoms with van der Waals surface area (Å²) in [6.07, 6.45) is 2.69. The van der Waals surface area contributed by atoms with Crippen molar-refractivity contribution < 1.29 is 9.59 Å². The molecule has 1 unspecified atom stereocenters. The average Bonchev–Trinajstić information content (AvgIpc) is 2.68. The summed E-state index contributed by atoms with van der Waals surface area (Å²) < 4.78 is 1.65. The van der Waals surface area contributed by atoms with Gasteiger partial charge < -0.3 is 5.73 Å². The Morgan fingerprint density at radius 3 is 3.00 bits per heavy atom. The van der Waals surface area contributed by atoms with Gasteiger partial charge in [-0.15, -0.1) is 0 Å². The van der Waals surface area contributed by atoms with Crippen LogP contribution in [-0.2, 0) is 9.59 Å². The molecule has 2 aromatic heterocycles. The fourth-order valence-electron chi connectivity index (χ4n) is 2.24. The molecule has 6 heteroatoms. The fourth-order valence-corrected chi connectivity index (χ4v) is 2.24. The molecule has 2 aromatic rings. The maximum absolute atomic E-state index is 11.8. The molecule has 0 saturated carbocycles. The number of piperidine rings is 1. The van der Waals surface area contributed by atoms with Crippen molar-refractivity contribution in [3.8, 4) is 0 Å². The number of hydrogen-bond donors (Lipinski definition) is 2. The van der Waals surface area contributed by atoms with Crippen LogP contribution in [0.25, 0.3) is 5.52 Å². The zero-order valence-corrected chi connectivity index (χ0v) is 9.59. The second-order valence-corrected chi connectivity index (χ2v) is 4.40. The molecule has 6 nitrogen and oxygen atoms in total. The van der Waals surface area contributed by atoms with Crippen molar-refractivity contribution in [1.82, 2.24) is 14.9 Å². The Kier molecular flexibility index (Phi) is 2.29. The van der Waals surface area contributed by atoms with Gasteiger partial charge in [-0.3, -0.25) is 14.9 Å². The second kappa shape index (κ2) is 3.83. The topological polar surface area (TPSA) is 89.5 Å². The van der Waals surface area contributed by atoms with Crippen molar-refractivity contribution >= 4 is 23.1 Å². The van der Waals surface area contributed by atoms with Crippen LogP contribution in [0.5, 0.6) is 0 Å². The molecule has 92 valence electrons. The molecule has 1 fully saturated rings. The van der Waals surface area contributed by atoms with E-state index in [4.69, 9.17) is 5.73 Å². The molecule has 1 aliphatic heterocycles. The van der Waals surface area contributed by atoms with Crippen LogP contribution in [0.1, 0.15) is 24.3 Å². The van der Waals surface area contributed by atoms with Gasteiger partial charge in [-0.2, -0.15) is 5.10 Å². The van der Waals surface area contributed by atoms with Gasteiger partial charge >= 0.3 is 0 Å². The van der Waals surface area contributed by atoms with Gasteiger partial charge in [-0.05, 0) is 18.1 Å². The normalized spacial score (nSPS) is 20.1. The Morgan fingerprint density at radius 2 is 2.22 bits per heavy atom. The highest BCUT2D eigenvalue weighted by atomic mass is 16.2. The first kappa shape index (κ1) is 10.8. The van der Waals surface area contributed by atoms with E-state index in [0.717, 1.165) is 11.1 Å². The lowest BCUT2D eigenvalue weighted by Crippen LogP contribution is -2.39. The number of pyridine rings is 1. The van der Waals surface area contributed by atoms with Crippen LogP contribution in [0.15, 0.2) is 24.4 Å². The number of carbonyl (C=O) groups excluding carboxylic acids is 2. The van der Waals surface area contributed by atoms with E-state index in [0.29, 0.717) is 18.7 Å². The third-order valence-electron chi connectivity index (χ3n) is 3.14. The highest BCUT2D eigenvalue weighted by molar-refractivity contribution is 6.00. The van der Waals surface area contributed by atoms with Crippen LogP contribution in [0, 0.1) is 0 Å². The number of carbonyl (C=O) groups is 2. The van der Waals surface area contributed by atoms with E-state index in [1.807, 2.05) is 12.1 Å². The van der Waals surface area contributed by atoms with Gasteiger partial charge in [0.15, 0.2) is 0 Å². The fraction of sp³-hybridized carbons (Fsp3) is 0.250. The molecule has 3 rings (SSSR count). The largest absolute Gasteiger partial charge is 0.382 e. The molecular weight excluding hydrogens is 232 g/mol. The summed E-state index contributed by atoms with van der Waals surface area (Å²) in [7, 11) is 0. The summed E-state index contributed by atoms with van der Waals surface area (Å²) in [5.74, 6) is -0.306. The zero-order valence-electron chi connectivity index (χ0n) is 9.59. The number of nitrogen functional groups attached to an aromatic ring is 1. The molecule has 18 heavy (non-hydrogen) atoms. The molecule has 1 aliphatic rings. The number of imide groups is 1. The van der Waals surface area contributed by atoms with E-state index < -0.39 is 0 Å². The summed E-state index contributed by atoms with van der Waals surface area (Å²) >= 11 is 0. The molecule has 1 saturated heterocycles. The number of fused-ring (bicyclic) bond motifs is 1. The predicted molar refractivity (Wildman–Crippen MR) is 64.7 cm³/mol. The highest BCUT2D eigenvalue weighted by Crippen LogP contribution is 2.25. The number of nitrogens with zero attached hydrogens (tertiary/aromatic N) is 2. The molecule has 0 aromatic carbocycles. The number of hydrogen-bond acceptors (Lipinski definition) is 4. The molecule has 0 spiro atoms. The number of anilines is 1. The van der Waals surface area contributed by atoms with E-state index in [-0.39, 0.29) is 17.7 Å². The van der Waals surface area contributed by atoms with Crippen molar-refractivity contribution in [3.05, 3.63) is 30.0 Å². The van der Waals surface area contributed by atoms with E-state index in [9.17, 15) is 9.59 Å². The Morgan fingerprint density at radius 1 is 1.39 bits per heavy atom. The SMILES string of the molecule is Nc1cc2ccc(C3CCC(=O)NC3=O)cn2n1. The Bertz CT molecular complexity index is 647. The maximum Gasteiger partial charge on any atom is 0.234 e. The molecule has 3 heterocycles. The van der Waals surface area contributed by atoms with Gasteiger partial charge in [0.2, 0.25) is 11.8 Å². The Hall–Kier alpha value is -2.37. The number of rotatable bonds is 1. The van der Waals surface area contributed by atoms with Gasteiger partial charge in [0.05, 0.1) is 11.4 Å². The van der Waals surface area contributed by atoms with Crippen LogP contribution in [0.4, 0.5) is 5.82 Å². The van der Waals surface area contributed by atoms with Crippen LogP contribution >= 0.6 is 0 Å². The van der Waals surface area contributed by atoms with Gasteiger partial charge in [0.25, 0.3) is 0 Å².